The van der Waals surface area contributed by atoms with Crippen molar-refractivity contribution in [3.63, 3.8) is 0 Å². The van der Waals surface area contributed by atoms with Crippen LogP contribution in [0.3, 0.4) is 0 Å². The lowest BCUT2D eigenvalue weighted by molar-refractivity contribution is -0.338. The average Bonchev–Trinajstić information content (AvgIpc) is 3.96. The number of methoxy groups -OCH3 is 1. The summed E-state index contributed by atoms with van der Waals surface area (Å²) in [5.41, 5.74) is -5.73. The Morgan fingerprint density at radius 2 is 1.59 bits per heavy atom. The Morgan fingerprint density at radius 3 is 2.16 bits per heavy atom. The van der Waals surface area contributed by atoms with Crippen LogP contribution in [0.1, 0.15) is 121 Å². The third-order valence-electron chi connectivity index (χ3n) is 13.8. The number of nitrogens with zero attached hydrogens (tertiary/aromatic N) is 1. The van der Waals surface area contributed by atoms with Crippen LogP contribution >= 0.6 is 0 Å². The number of nitrogens with one attached hydrogen (secondary N) is 1. The molecule has 3 heterocycles. The van der Waals surface area contributed by atoms with E-state index in [0.717, 1.165) is 19.3 Å². The predicted octanol–water partition coefficient (Wildman–Crippen LogP) is 3.12. The number of carbonyl (C=O) groups excluding carboxylic acids is 1. The fourth-order valence-electron chi connectivity index (χ4n) is 9.70. The molecule has 0 spiro atoms. The molecule has 18 atom stereocenters. The van der Waals surface area contributed by atoms with Gasteiger partial charge >= 0.3 is 5.97 Å². The Bertz CT molecular complexity index is 1270. The van der Waals surface area contributed by atoms with E-state index in [2.05, 4.69) is 5.32 Å². The maximum Gasteiger partial charge on any atom is 0.311 e. The number of ether oxygens (including phenoxy) is 6. The number of likely N-dealkylation sites (N-methyl/N-ethyl adjacent to an activating group) is 1. The van der Waals surface area contributed by atoms with E-state index in [1.165, 1.54) is 6.92 Å². The Kier molecular flexibility index (Phi) is 15.9. The van der Waals surface area contributed by atoms with Crippen LogP contribution in [0.4, 0.5) is 0 Å². The molecule has 1 unspecified atom stereocenters. The minimum absolute atomic E-state index is 0.145. The largest absolute Gasteiger partial charge is 0.459 e. The van der Waals surface area contributed by atoms with Gasteiger partial charge in [0.1, 0.15) is 29.0 Å². The van der Waals surface area contributed by atoms with Gasteiger partial charge in [0.2, 0.25) is 0 Å². The van der Waals surface area contributed by atoms with Gasteiger partial charge in [0, 0.05) is 38.1 Å². The van der Waals surface area contributed by atoms with Crippen LogP contribution in [-0.4, -0.2) is 154 Å². The van der Waals surface area contributed by atoms with Gasteiger partial charge in [0.05, 0.1) is 42.0 Å². The highest BCUT2D eigenvalue weighted by atomic mass is 16.7. The molecule has 56 heavy (non-hydrogen) atoms. The zero-order valence-corrected chi connectivity index (χ0v) is 36.6. The first-order valence-corrected chi connectivity index (χ1v) is 21.2. The van der Waals surface area contributed by atoms with Gasteiger partial charge in [-0.3, -0.25) is 4.79 Å². The normalized spacial score (nSPS) is 49.2. The summed E-state index contributed by atoms with van der Waals surface area (Å²) in [7, 11) is 5.35. The number of hydrogen-bond donors (Lipinski definition) is 6. The molecule has 6 N–H and O–H groups in total. The van der Waals surface area contributed by atoms with E-state index in [1.54, 1.807) is 34.8 Å². The van der Waals surface area contributed by atoms with Crippen molar-refractivity contribution < 1.29 is 58.7 Å². The summed E-state index contributed by atoms with van der Waals surface area (Å²) in [6, 6.07) is -0.574. The molecule has 4 aliphatic rings. The number of rotatable bonds is 10. The summed E-state index contributed by atoms with van der Waals surface area (Å²) in [6.07, 6.45) is -3.66. The number of esters is 1. The minimum Gasteiger partial charge on any atom is -0.459 e. The zero-order valence-electron chi connectivity index (χ0n) is 36.6. The first kappa shape index (κ1) is 47.7. The molecule has 4 fully saturated rings. The lowest BCUT2D eigenvalue weighted by Crippen LogP contribution is -2.66. The number of carbonyl (C=O) groups is 1. The zero-order chi connectivity index (χ0) is 42.1. The number of hydrogen-bond acceptors (Lipinski definition) is 14. The van der Waals surface area contributed by atoms with Crippen LogP contribution in [0.15, 0.2) is 0 Å². The van der Waals surface area contributed by atoms with Crippen molar-refractivity contribution in [2.45, 2.75) is 210 Å². The molecule has 14 heteroatoms. The van der Waals surface area contributed by atoms with Crippen LogP contribution in [0, 0.1) is 23.7 Å². The molecule has 1 saturated carbocycles. The second-order valence-corrected chi connectivity index (χ2v) is 19.0. The number of cyclic esters (lactones) is 1. The standard InChI is InChI=1S/C42H78N2O12/c1-14-31-41(10,49)35(46)23(2)22-43-24(3)20-39(8,48)36(56-38-33(45)30(44(11)12)19-25(4)52-38)26(5)34(27(6)37(47)54-31)55-32-21-40(9,51-13)42(50,28(7)53-32)18-17-29-15-16-29/h23-36,38,43,45-46,48-50H,14-22H2,1-13H3/t23-,24-,25-,26-,27-,28+,30+,31+,32?,33-,34-,35+,36-,38+,39-,40-,41-,42+/m1/s1. The summed E-state index contributed by atoms with van der Waals surface area (Å²) in [6.45, 7) is 18.1. The van der Waals surface area contributed by atoms with Gasteiger partial charge in [-0.05, 0) is 107 Å². The summed E-state index contributed by atoms with van der Waals surface area (Å²) < 4.78 is 38.5. The Labute approximate surface area is 336 Å². The molecule has 0 amide bonds. The van der Waals surface area contributed by atoms with Gasteiger partial charge in [-0.2, -0.15) is 0 Å². The quantitative estimate of drug-likeness (QED) is 0.177. The molecular weight excluding hydrogens is 724 g/mol. The van der Waals surface area contributed by atoms with E-state index in [4.69, 9.17) is 28.4 Å². The highest BCUT2D eigenvalue weighted by molar-refractivity contribution is 5.73. The molecule has 3 aliphatic heterocycles. The second-order valence-electron chi connectivity index (χ2n) is 19.0. The van der Waals surface area contributed by atoms with Crippen molar-refractivity contribution >= 4 is 5.97 Å². The molecule has 0 radical (unpaired) electrons. The molecule has 1 aliphatic carbocycles. The molecule has 0 aromatic heterocycles. The van der Waals surface area contributed by atoms with Gasteiger partial charge in [-0.1, -0.05) is 33.6 Å². The Morgan fingerprint density at radius 1 is 0.946 bits per heavy atom. The van der Waals surface area contributed by atoms with Crippen molar-refractivity contribution in [3.05, 3.63) is 0 Å². The molecule has 328 valence electrons. The number of aliphatic hydroxyl groups is 5. The van der Waals surface area contributed by atoms with Gasteiger partial charge in [0.15, 0.2) is 12.6 Å². The molecule has 3 saturated heterocycles. The molecule has 0 aromatic rings. The summed E-state index contributed by atoms with van der Waals surface area (Å²) in [4.78, 5) is 16.3. The van der Waals surface area contributed by atoms with Crippen LogP contribution < -0.4 is 5.32 Å². The van der Waals surface area contributed by atoms with E-state index in [-0.39, 0.29) is 37.5 Å². The van der Waals surface area contributed by atoms with E-state index in [9.17, 15) is 30.3 Å². The second kappa shape index (κ2) is 18.7. The van der Waals surface area contributed by atoms with Crippen molar-refractivity contribution in [3.8, 4) is 0 Å². The van der Waals surface area contributed by atoms with E-state index in [0.29, 0.717) is 25.3 Å². The van der Waals surface area contributed by atoms with Crippen molar-refractivity contribution in [2.75, 3.05) is 27.7 Å². The average molecular weight is 803 g/mol. The van der Waals surface area contributed by atoms with Crippen LogP contribution in [0.25, 0.3) is 0 Å². The van der Waals surface area contributed by atoms with E-state index < -0.39 is 95.3 Å². The Balaban J connectivity index is 1.78. The first-order valence-electron chi connectivity index (χ1n) is 21.2. The third kappa shape index (κ3) is 10.5. The van der Waals surface area contributed by atoms with Gasteiger partial charge in [-0.15, -0.1) is 0 Å². The maximum atomic E-state index is 14.3. The van der Waals surface area contributed by atoms with Gasteiger partial charge in [-0.25, -0.2) is 0 Å². The fourth-order valence-corrected chi connectivity index (χ4v) is 9.70. The number of aliphatic hydroxyl groups excluding tert-OH is 2. The van der Waals surface area contributed by atoms with Crippen molar-refractivity contribution in [1.29, 1.82) is 0 Å². The summed E-state index contributed by atoms with van der Waals surface area (Å²) in [5, 5.41) is 62.8. The monoisotopic (exact) mass is 803 g/mol. The van der Waals surface area contributed by atoms with Crippen molar-refractivity contribution in [1.82, 2.24) is 10.2 Å². The van der Waals surface area contributed by atoms with E-state index >= 15 is 0 Å². The Hall–Kier alpha value is -1.01. The first-order chi connectivity index (χ1) is 25.9. The third-order valence-corrected chi connectivity index (χ3v) is 13.8. The SMILES string of the molecule is CC[C@@H]1OC(=O)[C@H](C)[C@H](OC2C[C@@](C)(OC)[C@](O)(CCC3CC3)[C@H](C)O2)[C@@H](C)[C@@H](O[C@@H]2O[C@H](C)C[C@H](N(C)C)[C@H]2O)[C@](C)(O)C[C@@H](C)NC[C@@H](C)[C@H](O)[C@]1(C)O. The predicted molar refractivity (Wildman–Crippen MR) is 210 cm³/mol. The van der Waals surface area contributed by atoms with Crippen LogP contribution in [0.5, 0.6) is 0 Å². The highest BCUT2D eigenvalue weighted by Crippen LogP contribution is 2.47. The maximum absolute atomic E-state index is 14.3. The minimum atomic E-state index is -1.78. The molecular formula is C42H78N2O12. The van der Waals surface area contributed by atoms with E-state index in [1.807, 2.05) is 53.6 Å². The van der Waals surface area contributed by atoms with Gasteiger partial charge in [0.25, 0.3) is 0 Å². The molecule has 0 bridgehead atoms. The lowest BCUT2D eigenvalue weighted by Gasteiger charge is -2.54. The topological polar surface area (TPSA) is 189 Å². The molecule has 4 rings (SSSR count). The summed E-state index contributed by atoms with van der Waals surface area (Å²) in [5.74, 6) is -2.31. The van der Waals surface area contributed by atoms with Crippen LogP contribution in [0.2, 0.25) is 0 Å². The fraction of sp³-hybridized carbons (Fsp3) is 0.976. The smallest absolute Gasteiger partial charge is 0.311 e. The highest BCUT2D eigenvalue weighted by Gasteiger charge is 2.58. The lowest BCUT2D eigenvalue weighted by atomic mass is 9.72. The van der Waals surface area contributed by atoms with Crippen LogP contribution in [-0.2, 0) is 33.2 Å². The van der Waals surface area contributed by atoms with Crippen molar-refractivity contribution in [2.24, 2.45) is 23.7 Å². The summed E-state index contributed by atoms with van der Waals surface area (Å²) >= 11 is 0. The van der Waals surface area contributed by atoms with Gasteiger partial charge < -0.3 is 64.2 Å². The molecule has 14 nitrogen and oxygen atoms in total. The molecule has 0 aromatic carbocycles.